The lowest BCUT2D eigenvalue weighted by Gasteiger charge is -2.30. The van der Waals surface area contributed by atoms with Crippen LogP contribution in [-0.4, -0.2) is 22.4 Å². The lowest BCUT2D eigenvalue weighted by atomic mass is 10.1. The third-order valence-corrected chi connectivity index (χ3v) is 4.91. The third kappa shape index (κ3) is 2.38. The molecule has 124 valence electrons. The van der Waals surface area contributed by atoms with E-state index in [0.717, 1.165) is 48.5 Å². The van der Waals surface area contributed by atoms with Gasteiger partial charge in [-0.3, -0.25) is 4.79 Å². The number of rotatable bonds is 2. The Labute approximate surface area is 150 Å². The first-order valence-electron chi connectivity index (χ1n) is 8.06. The Morgan fingerprint density at radius 2 is 2.12 bits per heavy atom. The average Bonchev–Trinajstić information content (AvgIpc) is 3.03. The average molecular weight is 351 g/mol. The number of hydrogen-bond donors (Lipinski definition) is 0. The molecule has 0 amide bonds. The summed E-state index contributed by atoms with van der Waals surface area (Å²) < 4.78 is 2.06. The number of halogens is 1. The van der Waals surface area contributed by atoms with Gasteiger partial charge in [0, 0.05) is 24.3 Å². The number of hydrogen-bond acceptors (Lipinski definition) is 4. The Morgan fingerprint density at radius 1 is 1.28 bits per heavy atom. The zero-order chi connectivity index (χ0) is 17.6. The van der Waals surface area contributed by atoms with Crippen LogP contribution in [-0.2, 0) is 6.54 Å². The van der Waals surface area contributed by atoms with Crippen LogP contribution in [0.2, 0.25) is 5.02 Å². The molecule has 1 aliphatic heterocycles. The molecule has 0 unspecified atom stereocenters. The van der Waals surface area contributed by atoms with Crippen molar-refractivity contribution in [3.05, 3.63) is 52.0 Å². The van der Waals surface area contributed by atoms with E-state index >= 15 is 0 Å². The molecule has 0 bridgehead atoms. The third-order valence-electron chi connectivity index (χ3n) is 4.60. The van der Waals surface area contributed by atoms with Gasteiger partial charge in [-0.15, -0.1) is 0 Å². The summed E-state index contributed by atoms with van der Waals surface area (Å²) in [5, 5.41) is 9.62. The Morgan fingerprint density at radius 3 is 2.84 bits per heavy atom. The molecule has 0 N–H and O–H groups in total. The highest BCUT2D eigenvalue weighted by Gasteiger charge is 2.25. The molecule has 0 saturated carbocycles. The molecule has 2 heterocycles. The van der Waals surface area contributed by atoms with Gasteiger partial charge in [0.25, 0.3) is 0 Å². The lowest BCUT2D eigenvalue weighted by molar-refractivity contribution is 0.112. The Kier molecular flexibility index (Phi) is 3.70. The van der Waals surface area contributed by atoms with Crippen molar-refractivity contribution < 1.29 is 4.79 Å². The number of aldehydes is 1. The molecule has 0 aliphatic carbocycles. The van der Waals surface area contributed by atoms with Crippen LogP contribution in [0.1, 0.15) is 27.9 Å². The fourth-order valence-electron chi connectivity index (χ4n) is 3.48. The van der Waals surface area contributed by atoms with Crippen LogP contribution < -0.4 is 4.90 Å². The first-order chi connectivity index (χ1) is 12.1. The molecule has 0 radical (unpaired) electrons. The summed E-state index contributed by atoms with van der Waals surface area (Å²) in [5.41, 5.74) is 4.70. The van der Waals surface area contributed by atoms with Crippen molar-refractivity contribution in [1.29, 1.82) is 5.26 Å². The highest BCUT2D eigenvalue weighted by Crippen LogP contribution is 2.37. The molecular weight excluding hydrogens is 336 g/mol. The highest BCUT2D eigenvalue weighted by atomic mass is 35.5. The van der Waals surface area contributed by atoms with Crippen molar-refractivity contribution in [2.75, 3.05) is 11.4 Å². The first-order valence-corrected chi connectivity index (χ1v) is 8.44. The molecule has 5 nitrogen and oxygen atoms in total. The number of fused-ring (bicyclic) bond motifs is 3. The normalized spacial score (nSPS) is 13.6. The maximum atomic E-state index is 11.5. The summed E-state index contributed by atoms with van der Waals surface area (Å²) in [6.45, 7) is 3.60. The molecule has 0 spiro atoms. The lowest BCUT2D eigenvalue weighted by Crippen LogP contribution is -2.28. The zero-order valence-corrected chi connectivity index (χ0v) is 14.4. The molecule has 6 heteroatoms. The van der Waals surface area contributed by atoms with E-state index in [1.807, 2.05) is 25.1 Å². The van der Waals surface area contributed by atoms with Gasteiger partial charge in [-0.1, -0.05) is 11.6 Å². The van der Waals surface area contributed by atoms with Crippen molar-refractivity contribution in [3.63, 3.8) is 0 Å². The minimum absolute atomic E-state index is 0.541. The van der Waals surface area contributed by atoms with Gasteiger partial charge in [0.05, 0.1) is 22.2 Å². The number of nitriles is 1. The number of imidazole rings is 1. The highest BCUT2D eigenvalue weighted by molar-refractivity contribution is 6.35. The number of nitrogens with zero attached hydrogens (tertiary/aromatic N) is 4. The fraction of sp³-hybridized carbons (Fsp3) is 0.211. The van der Waals surface area contributed by atoms with Crippen molar-refractivity contribution in [1.82, 2.24) is 9.55 Å². The minimum Gasteiger partial charge on any atom is -0.312 e. The van der Waals surface area contributed by atoms with Crippen LogP contribution in [0.15, 0.2) is 30.3 Å². The van der Waals surface area contributed by atoms with Gasteiger partial charge < -0.3 is 9.47 Å². The second-order valence-corrected chi connectivity index (χ2v) is 6.54. The number of aromatic nitrogens is 2. The molecule has 25 heavy (non-hydrogen) atoms. The number of benzene rings is 2. The summed E-state index contributed by atoms with van der Waals surface area (Å²) in [6, 6.07) is 11.3. The number of aryl methyl sites for hydroxylation is 2. The summed E-state index contributed by atoms with van der Waals surface area (Å²) in [7, 11) is 0. The largest absolute Gasteiger partial charge is 0.312 e. The van der Waals surface area contributed by atoms with Gasteiger partial charge in [0.15, 0.2) is 6.29 Å². The molecule has 0 fully saturated rings. The molecule has 0 atom stereocenters. The number of anilines is 2. The van der Waals surface area contributed by atoms with Crippen LogP contribution in [0.5, 0.6) is 0 Å². The van der Waals surface area contributed by atoms with Gasteiger partial charge in [0.1, 0.15) is 5.52 Å². The van der Waals surface area contributed by atoms with E-state index in [9.17, 15) is 4.79 Å². The van der Waals surface area contributed by atoms with Gasteiger partial charge in [-0.05, 0) is 49.2 Å². The summed E-state index contributed by atoms with van der Waals surface area (Å²) in [6.07, 6.45) is 1.78. The monoisotopic (exact) mass is 350 g/mol. The number of carbonyl (C=O) groups is 1. The molecule has 2 aromatic carbocycles. The van der Waals surface area contributed by atoms with E-state index in [2.05, 4.69) is 15.5 Å². The van der Waals surface area contributed by atoms with Crippen LogP contribution in [0, 0.1) is 18.3 Å². The van der Waals surface area contributed by atoms with E-state index in [1.165, 1.54) is 0 Å². The predicted molar refractivity (Wildman–Crippen MR) is 97.6 cm³/mol. The SMILES string of the molecule is Cc1cc(C#N)ccc1N1CCCn2c1nc1c(Cl)ccc(C=O)c12. The predicted octanol–water partition coefficient (Wildman–Crippen LogP) is 4.22. The second-order valence-electron chi connectivity index (χ2n) is 6.13. The van der Waals surface area contributed by atoms with E-state index < -0.39 is 0 Å². The van der Waals surface area contributed by atoms with Crippen molar-refractivity contribution in [2.45, 2.75) is 19.9 Å². The van der Waals surface area contributed by atoms with E-state index in [4.69, 9.17) is 21.8 Å². The minimum atomic E-state index is 0.541. The van der Waals surface area contributed by atoms with Gasteiger partial charge in [-0.2, -0.15) is 5.26 Å². The quantitative estimate of drug-likeness (QED) is 0.649. The van der Waals surface area contributed by atoms with Gasteiger partial charge in [0.2, 0.25) is 5.95 Å². The molecule has 1 aliphatic rings. The van der Waals surface area contributed by atoms with Crippen LogP contribution in [0.4, 0.5) is 11.6 Å². The maximum Gasteiger partial charge on any atom is 0.211 e. The first kappa shape index (κ1) is 15.7. The van der Waals surface area contributed by atoms with Crippen molar-refractivity contribution in [3.8, 4) is 6.07 Å². The smallest absolute Gasteiger partial charge is 0.211 e. The number of carbonyl (C=O) groups excluding carboxylic acids is 1. The standard InChI is InChI=1S/C19H15ClN4O/c1-12-9-13(10-21)3-6-16(12)23-7-2-8-24-18-14(11-25)4-5-15(20)17(18)22-19(23)24/h3-6,9,11H,2,7-8H2,1H3. The van der Waals surface area contributed by atoms with Crippen LogP contribution in [0.3, 0.4) is 0 Å². The summed E-state index contributed by atoms with van der Waals surface area (Å²) >= 11 is 6.32. The molecule has 3 aromatic rings. The van der Waals surface area contributed by atoms with Gasteiger partial charge >= 0.3 is 0 Å². The Hall–Kier alpha value is -2.84. The molecule has 1 aromatic heterocycles. The maximum absolute atomic E-state index is 11.5. The Balaban J connectivity index is 1.94. The Bertz CT molecular complexity index is 1050. The molecule has 4 rings (SSSR count). The van der Waals surface area contributed by atoms with Gasteiger partial charge in [-0.25, -0.2) is 4.98 Å². The fourth-order valence-corrected chi connectivity index (χ4v) is 3.67. The second kappa shape index (κ2) is 5.91. The van der Waals surface area contributed by atoms with Crippen molar-refractivity contribution >= 4 is 40.6 Å². The summed E-state index contributed by atoms with van der Waals surface area (Å²) in [4.78, 5) is 18.3. The molecule has 0 saturated heterocycles. The van der Waals surface area contributed by atoms with Crippen LogP contribution in [0.25, 0.3) is 11.0 Å². The zero-order valence-electron chi connectivity index (χ0n) is 13.7. The van der Waals surface area contributed by atoms with Crippen molar-refractivity contribution in [2.24, 2.45) is 0 Å². The summed E-state index contributed by atoms with van der Waals surface area (Å²) in [5.74, 6) is 0.783. The van der Waals surface area contributed by atoms with E-state index in [-0.39, 0.29) is 0 Å². The topological polar surface area (TPSA) is 61.9 Å². The van der Waals surface area contributed by atoms with E-state index in [1.54, 1.807) is 12.1 Å². The molecular formula is C19H15ClN4O. The van der Waals surface area contributed by atoms with Crippen LogP contribution >= 0.6 is 11.6 Å². The van der Waals surface area contributed by atoms with E-state index in [0.29, 0.717) is 21.7 Å².